The van der Waals surface area contributed by atoms with Crippen molar-refractivity contribution in [2.24, 2.45) is 0 Å². The van der Waals surface area contributed by atoms with E-state index in [4.69, 9.17) is 0 Å². The van der Waals surface area contributed by atoms with Crippen LogP contribution in [0.2, 0.25) is 0 Å². The first kappa shape index (κ1) is 19.4. The predicted octanol–water partition coefficient (Wildman–Crippen LogP) is 1.70. The van der Waals surface area contributed by atoms with Crippen molar-refractivity contribution < 1.29 is 14.6 Å². The molecule has 26 heavy (non-hydrogen) atoms. The van der Waals surface area contributed by atoms with E-state index in [2.05, 4.69) is 5.32 Å². The average molecular weight is 357 g/mol. The number of anilines is 2. The maximum atomic E-state index is 12.5. The second kappa shape index (κ2) is 8.44. The number of carbonyl (C=O) groups excluding carboxylic acids is 1. The van der Waals surface area contributed by atoms with Crippen molar-refractivity contribution in [3.8, 4) is 0 Å². The fourth-order valence-corrected chi connectivity index (χ4v) is 2.59. The molecule has 0 aromatic heterocycles. The number of carbonyl (C=O) groups is 1. The van der Waals surface area contributed by atoms with Crippen LogP contribution in [0.5, 0.6) is 0 Å². The summed E-state index contributed by atoms with van der Waals surface area (Å²) >= 11 is 0. The molecule has 0 saturated carbocycles. The fourth-order valence-electron chi connectivity index (χ4n) is 2.59. The molecule has 0 radical (unpaired) electrons. The maximum absolute atomic E-state index is 12.5. The quantitative estimate of drug-likeness (QED) is 0.584. The molecular weight excluding hydrogens is 332 g/mol. The first-order chi connectivity index (χ1) is 12.3. The van der Waals surface area contributed by atoms with Crippen LogP contribution in [-0.2, 0) is 11.3 Å². The minimum Gasteiger partial charge on any atom is -0.378 e. The Morgan fingerprint density at radius 1 is 1.19 bits per heavy atom. The zero-order chi connectivity index (χ0) is 19.3. The number of likely N-dealkylation sites (N-methyl/N-ethyl adjacent to an activating group) is 1. The van der Waals surface area contributed by atoms with Crippen LogP contribution in [0, 0.1) is 10.1 Å². The molecule has 0 aliphatic carbocycles. The number of nitro groups is 1. The van der Waals surface area contributed by atoms with Crippen LogP contribution >= 0.6 is 0 Å². The van der Waals surface area contributed by atoms with Gasteiger partial charge in [0.15, 0.2) is 6.04 Å². The summed E-state index contributed by atoms with van der Waals surface area (Å²) in [6.07, 6.45) is 0. The summed E-state index contributed by atoms with van der Waals surface area (Å²) in [6.45, 7) is 2.49. The number of rotatable bonds is 7. The summed E-state index contributed by atoms with van der Waals surface area (Å²) in [4.78, 5) is 26.1. The lowest BCUT2D eigenvalue weighted by Crippen LogP contribution is -3.12. The van der Waals surface area contributed by atoms with Crippen molar-refractivity contribution in [3.63, 3.8) is 0 Å². The van der Waals surface area contributed by atoms with E-state index in [1.165, 1.54) is 12.1 Å². The van der Waals surface area contributed by atoms with Crippen LogP contribution in [0.15, 0.2) is 48.5 Å². The zero-order valence-electron chi connectivity index (χ0n) is 15.5. The highest BCUT2D eigenvalue weighted by molar-refractivity contribution is 5.95. The Morgan fingerprint density at radius 2 is 1.81 bits per heavy atom. The number of benzene rings is 2. The number of nitrogens with one attached hydrogen (secondary N) is 2. The van der Waals surface area contributed by atoms with Crippen LogP contribution in [0.3, 0.4) is 0 Å². The first-order valence-electron chi connectivity index (χ1n) is 8.42. The van der Waals surface area contributed by atoms with E-state index in [0.717, 1.165) is 16.2 Å². The van der Waals surface area contributed by atoms with Gasteiger partial charge in [-0.15, -0.1) is 0 Å². The molecule has 2 rings (SSSR count). The van der Waals surface area contributed by atoms with Crippen molar-refractivity contribution in [3.05, 3.63) is 64.2 Å². The Bertz CT molecular complexity index is 775. The molecule has 7 heteroatoms. The summed E-state index contributed by atoms with van der Waals surface area (Å²) < 4.78 is 0. The number of nitrogens with zero attached hydrogens (tertiary/aromatic N) is 2. The number of amides is 1. The van der Waals surface area contributed by atoms with Crippen molar-refractivity contribution in [2.75, 3.05) is 31.4 Å². The van der Waals surface area contributed by atoms with E-state index in [-0.39, 0.29) is 23.3 Å². The smallest absolute Gasteiger partial charge is 0.292 e. The molecule has 0 aliphatic rings. The van der Waals surface area contributed by atoms with Gasteiger partial charge in [-0.3, -0.25) is 14.9 Å². The van der Waals surface area contributed by atoms with Gasteiger partial charge in [-0.05, 0) is 25.1 Å². The molecule has 1 unspecified atom stereocenters. The van der Waals surface area contributed by atoms with Gasteiger partial charge in [0.2, 0.25) is 0 Å². The van der Waals surface area contributed by atoms with Crippen molar-refractivity contribution >= 4 is 23.0 Å². The second-order valence-electron chi connectivity index (χ2n) is 6.57. The monoisotopic (exact) mass is 357 g/mol. The number of para-hydroxylation sites is 2. The Balaban J connectivity index is 2.02. The van der Waals surface area contributed by atoms with Crippen LogP contribution < -0.4 is 15.1 Å². The van der Waals surface area contributed by atoms with Crippen LogP contribution in [0.4, 0.5) is 17.1 Å². The SMILES string of the molecule is C[C@H](C(=O)Nc1ccccc1[N+](=O)[O-])[NH+](C)Cc1ccc(N(C)C)cc1. The highest BCUT2D eigenvalue weighted by Gasteiger charge is 2.24. The molecule has 7 nitrogen and oxygen atoms in total. The summed E-state index contributed by atoms with van der Waals surface area (Å²) in [6, 6.07) is 14.0. The number of nitro benzene ring substituents is 1. The van der Waals surface area contributed by atoms with Gasteiger partial charge < -0.3 is 15.1 Å². The van der Waals surface area contributed by atoms with Crippen LogP contribution in [0.1, 0.15) is 12.5 Å². The molecule has 0 spiro atoms. The Labute approximate surface area is 153 Å². The van der Waals surface area contributed by atoms with Gasteiger partial charge in [0.05, 0.1) is 12.0 Å². The molecule has 1 amide bonds. The van der Waals surface area contributed by atoms with E-state index in [1.54, 1.807) is 12.1 Å². The highest BCUT2D eigenvalue weighted by atomic mass is 16.6. The van der Waals surface area contributed by atoms with Crippen molar-refractivity contribution in [1.82, 2.24) is 0 Å². The van der Waals surface area contributed by atoms with Gasteiger partial charge in [-0.25, -0.2) is 0 Å². The van der Waals surface area contributed by atoms with Crippen LogP contribution in [-0.4, -0.2) is 38.0 Å². The molecule has 138 valence electrons. The lowest BCUT2D eigenvalue weighted by molar-refractivity contribution is -0.907. The van der Waals surface area contributed by atoms with Gasteiger partial charge in [0.1, 0.15) is 12.2 Å². The van der Waals surface area contributed by atoms with E-state index in [0.29, 0.717) is 6.54 Å². The van der Waals surface area contributed by atoms with Crippen molar-refractivity contribution in [1.29, 1.82) is 0 Å². The molecule has 0 aliphatic heterocycles. The third-order valence-electron chi connectivity index (χ3n) is 4.43. The summed E-state index contributed by atoms with van der Waals surface area (Å²) in [5, 5.41) is 13.7. The second-order valence-corrected chi connectivity index (χ2v) is 6.57. The lowest BCUT2D eigenvalue weighted by atomic mass is 10.1. The van der Waals surface area contributed by atoms with E-state index < -0.39 is 4.92 Å². The Hall–Kier alpha value is -2.93. The van der Waals surface area contributed by atoms with Gasteiger partial charge in [-0.2, -0.15) is 0 Å². The molecular formula is C19H25N4O3+. The fraction of sp³-hybridized carbons (Fsp3) is 0.316. The van der Waals surface area contributed by atoms with Crippen molar-refractivity contribution in [2.45, 2.75) is 19.5 Å². The summed E-state index contributed by atoms with van der Waals surface area (Å²) in [7, 11) is 5.91. The molecule has 2 aromatic carbocycles. The molecule has 0 fully saturated rings. The molecule has 0 bridgehead atoms. The first-order valence-corrected chi connectivity index (χ1v) is 8.42. The third-order valence-corrected chi connectivity index (χ3v) is 4.43. The number of hydrogen-bond acceptors (Lipinski definition) is 4. The van der Waals surface area contributed by atoms with Gasteiger partial charge in [-0.1, -0.05) is 24.3 Å². The average Bonchev–Trinajstić information content (AvgIpc) is 2.61. The standard InChI is InChI=1S/C19H24N4O3/c1-14(19(24)20-17-7-5-6-8-18(17)23(25)26)22(4)13-15-9-11-16(12-10-15)21(2)3/h5-12,14H,13H2,1-4H3,(H,20,24)/p+1/t14-/m1/s1. The Morgan fingerprint density at radius 3 is 2.38 bits per heavy atom. The van der Waals surface area contributed by atoms with Gasteiger partial charge in [0.25, 0.3) is 11.6 Å². The molecule has 0 heterocycles. The largest absolute Gasteiger partial charge is 0.378 e. The van der Waals surface area contributed by atoms with E-state index >= 15 is 0 Å². The highest BCUT2D eigenvalue weighted by Crippen LogP contribution is 2.23. The maximum Gasteiger partial charge on any atom is 0.292 e. The molecule has 0 saturated heterocycles. The zero-order valence-corrected chi connectivity index (χ0v) is 15.5. The van der Waals surface area contributed by atoms with Gasteiger partial charge in [0, 0.05) is 31.4 Å². The Kier molecular flexibility index (Phi) is 6.30. The number of quaternary nitrogens is 1. The summed E-state index contributed by atoms with van der Waals surface area (Å²) in [5.74, 6) is -0.248. The van der Waals surface area contributed by atoms with Crippen LogP contribution in [0.25, 0.3) is 0 Å². The predicted molar refractivity (Wildman–Crippen MR) is 103 cm³/mol. The van der Waals surface area contributed by atoms with Gasteiger partial charge >= 0.3 is 0 Å². The minimum absolute atomic E-state index is 0.107. The molecule has 2 N–H and O–H groups in total. The summed E-state index contributed by atoms with van der Waals surface area (Å²) in [5.41, 5.74) is 2.36. The third kappa shape index (κ3) is 4.80. The normalized spacial score (nSPS) is 12.9. The lowest BCUT2D eigenvalue weighted by Gasteiger charge is -2.21. The van der Waals surface area contributed by atoms with E-state index in [1.807, 2.05) is 57.2 Å². The topological polar surface area (TPSA) is 79.9 Å². The molecule has 2 aromatic rings. The number of hydrogen-bond donors (Lipinski definition) is 2. The minimum atomic E-state index is -0.497. The molecule has 2 atom stereocenters. The van der Waals surface area contributed by atoms with E-state index in [9.17, 15) is 14.9 Å².